The molecule has 1 aromatic carbocycles. The van der Waals surface area contributed by atoms with Crippen LogP contribution in [0.25, 0.3) is 0 Å². The van der Waals surface area contributed by atoms with Gasteiger partial charge < -0.3 is 19.7 Å². The number of hydrogen-bond donors (Lipinski definition) is 1. The number of rotatable bonds is 5. The van der Waals surface area contributed by atoms with E-state index in [1.807, 2.05) is 38.1 Å². The first-order valence-corrected chi connectivity index (χ1v) is 8.46. The minimum atomic E-state index is -0.650. The fourth-order valence-corrected chi connectivity index (χ4v) is 3.13. The molecule has 6 heteroatoms. The number of nitrogens with one attached hydrogen (secondary N) is 1. The van der Waals surface area contributed by atoms with Crippen molar-refractivity contribution in [3.8, 4) is 0 Å². The van der Waals surface area contributed by atoms with E-state index in [2.05, 4.69) is 5.32 Å². The maximum atomic E-state index is 12.7. The molecular formula is C18H24N2O4. The highest BCUT2D eigenvalue weighted by Crippen LogP contribution is 2.34. The molecule has 1 saturated heterocycles. The van der Waals surface area contributed by atoms with Crippen LogP contribution < -0.4 is 10.2 Å². The minimum absolute atomic E-state index is 0.0200. The summed E-state index contributed by atoms with van der Waals surface area (Å²) in [5, 5.41) is 3.27. The van der Waals surface area contributed by atoms with Gasteiger partial charge in [-0.2, -0.15) is 0 Å². The summed E-state index contributed by atoms with van der Waals surface area (Å²) in [4.78, 5) is 26.3. The Bertz CT molecular complexity index is 623. The van der Waals surface area contributed by atoms with Crippen molar-refractivity contribution in [1.82, 2.24) is 0 Å². The number of fused-ring (bicyclic) bond motifs is 1. The second-order valence-corrected chi connectivity index (χ2v) is 6.75. The monoisotopic (exact) mass is 332 g/mol. The summed E-state index contributed by atoms with van der Waals surface area (Å²) in [6.07, 6.45) is 1.82. The molecule has 2 heterocycles. The van der Waals surface area contributed by atoms with Gasteiger partial charge in [-0.1, -0.05) is 12.1 Å². The highest BCUT2D eigenvalue weighted by Gasteiger charge is 2.38. The number of nitrogens with zero attached hydrogens (tertiary/aromatic N) is 1. The van der Waals surface area contributed by atoms with Gasteiger partial charge in [-0.15, -0.1) is 0 Å². The number of esters is 1. The van der Waals surface area contributed by atoms with Crippen molar-refractivity contribution in [3.05, 3.63) is 24.3 Å². The Morgan fingerprint density at radius 1 is 1.42 bits per heavy atom. The van der Waals surface area contributed by atoms with Crippen molar-refractivity contribution < 1.29 is 19.1 Å². The van der Waals surface area contributed by atoms with Crippen LogP contribution in [0.3, 0.4) is 0 Å². The lowest BCUT2D eigenvalue weighted by Gasteiger charge is -2.40. The van der Waals surface area contributed by atoms with E-state index < -0.39 is 11.6 Å². The molecule has 6 nitrogen and oxygen atoms in total. The number of ether oxygens (including phenoxy) is 2. The van der Waals surface area contributed by atoms with Crippen LogP contribution in [-0.4, -0.2) is 43.3 Å². The van der Waals surface area contributed by atoms with Gasteiger partial charge >= 0.3 is 5.97 Å². The Morgan fingerprint density at radius 2 is 2.21 bits per heavy atom. The van der Waals surface area contributed by atoms with E-state index >= 15 is 0 Å². The number of amides is 1. The average Bonchev–Trinajstić information content (AvgIpc) is 3.08. The van der Waals surface area contributed by atoms with Crippen molar-refractivity contribution in [2.24, 2.45) is 0 Å². The Hall–Kier alpha value is -2.08. The van der Waals surface area contributed by atoms with Crippen LogP contribution in [0.15, 0.2) is 24.3 Å². The van der Waals surface area contributed by atoms with Crippen LogP contribution in [0.5, 0.6) is 0 Å². The molecule has 0 spiro atoms. The Labute approximate surface area is 142 Å². The summed E-state index contributed by atoms with van der Waals surface area (Å²) < 4.78 is 10.6. The van der Waals surface area contributed by atoms with E-state index in [0.717, 1.165) is 24.2 Å². The lowest BCUT2D eigenvalue weighted by Crippen LogP contribution is -2.54. The van der Waals surface area contributed by atoms with E-state index in [1.54, 1.807) is 4.90 Å². The van der Waals surface area contributed by atoms with Crippen molar-refractivity contribution >= 4 is 23.3 Å². The van der Waals surface area contributed by atoms with E-state index in [4.69, 9.17) is 9.47 Å². The van der Waals surface area contributed by atoms with Crippen molar-refractivity contribution in [2.45, 2.75) is 44.8 Å². The fraction of sp³-hybridized carbons (Fsp3) is 0.556. The number of para-hydroxylation sites is 2. The zero-order valence-electron chi connectivity index (χ0n) is 14.2. The molecule has 0 aromatic heterocycles. The summed E-state index contributed by atoms with van der Waals surface area (Å²) in [5.41, 5.74) is 1.16. The van der Waals surface area contributed by atoms with Crippen LogP contribution in [0.4, 0.5) is 11.4 Å². The van der Waals surface area contributed by atoms with Gasteiger partial charge in [0.1, 0.15) is 5.54 Å². The summed E-state index contributed by atoms with van der Waals surface area (Å²) in [6.45, 7) is 5.17. The number of benzene rings is 1. The van der Waals surface area contributed by atoms with E-state index in [0.29, 0.717) is 26.2 Å². The van der Waals surface area contributed by atoms with Crippen LogP contribution in [0.1, 0.15) is 33.1 Å². The molecule has 2 aliphatic rings. The number of carbonyl (C=O) groups is 2. The first-order chi connectivity index (χ1) is 11.5. The molecule has 0 saturated carbocycles. The standard InChI is InChI=1S/C18H24N2O4/c1-18(2)17(22)20(14-8-4-3-7-13(14)19-18)10-6-12-24-16(21)15-9-5-11-23-15/h3-4,7-8,15,19H,5-6,9-12H2,1-2H3. The first-order valence-electron chi connectivity index (χ1n) is 8.46. The van der Waals surface area contributed by atoms with E-state index in [1.165, 1.54) is 0 Å². The van der Waals surface area contributed by atoms with Gasteiger partial charge in [0.15, 0.2) is 6.10 Å². The molecule has 0 radical (unpaired) electrons. The molecular weight excluding hydrogens is 308 g/mol. The zero-order chi connectivity index (χ0) is 17.2. The van der Waals surface area contributed by atoms with Crippen LogP contribution in [-0.2, 0) is 19.1 Å². The molecule has 130 valence electrons. The fourth-order valence-electron chi connectivity index (χ4n) is 3.13. The van der Waals surface area contributed by atoms with Crippen LogP contribution >= 0.6 is 0 Å². The van der Waals surface area contributed by atoms with Gasteiger partial charge in [0.25, 0.3) is 5.91 Å². The second kappa shape index (κ2) is 6.81. The van der Waals surface area contributed by atoms with Crippen LogP contribution in [0.2, 0.25) is 0 Å². The normalized spacial score (nSPS) is 22.0. The highest BCUT2D eigenvalue weighted by molar-refractivity contribution is 6.07. The number of anilines is 2. The summed E-state index contributed by atoms with van der Waals surface area (Å²) >= 11 is 0. The Kier molecular flexibility index (Phi) is 4.76. The lowest BCUT2D eigenvalue weighted by atomic mass is 9.98. The van der Waals surface area contributed by atoms with Gasteiger partial charge in [0.05, 0.1) is 18.0 Å². The molecule has 0 bridgehead atoms. The second-order valence-electron chi connectivity index (χ2n) is 6.75. The largest absolute Gasteiger partial charge is 0.464 e. The third kappa shape index (κ3) is 3.38. The predicted molar refractivity (Wildman–Crippen MR) is 91.0 cm³/mol. The molecule has 0 aliphatic carbocycles. The molecule has 1 unspecified atom stereocenters. The summed E-state index contributed by atoms with van der Waals surface area (Å²) in [6, 6.07) is 7.75. The van der Waals surface area contributed by atoms with Gasteiger partial charge in [-0.05, 0) is 45.2 Å². The maximum absolute atomic E-state index is 12.7. The molecule has 3 rings (SSSR count). The van der Waals surface area contributed by atoms with Crippen LogP contribution in [0, 0.1) is 0 Å². The van der Waals surface area contributed by atoms with E-state index in [-0.39, 0.29) is 11.9 Å². The van der Waals surface area contributed by atoms with E-state index in [9.17, 15) is 9.59 Å². The first kappa shape index (κ1) is 16.8. The maximum Gasteiger partial charge on any atom is 0.335 e. The topological polar surface area (TPSA) is 67.9 Å². The quantitative estimate of drug-likeness (QED) is 0.662. The SMILES string of the molecule is CC1(C)Nc2ccccc2N(CCCOC(=O)C2CCCO2)C1=O. The van der Waals surface area contributed by atoms with Gasteiger partial charge in [0, 0.05) is 13.2 Å². The Balaban J connectivity index is 1.57. The van der Waals surface area contributed by atoms with Crippen molar-refractivity contribution in [1.29, 1.82) is 0 Å². The molecule has 1 amide bonds. The molecule has 24 heavy (non-hydrogen) atoms. The summed E-state index contributed by atoms with van der Waals surface area (Å²) in [5.74, 6) is -0.272. The van der Waals surface area contributed by atoms with Gasteiger partial charge in [-0.3, -0.25) is 4.79 Å². The zero-order valence-corrected chi connectivity index (χ0v) is 14.2. The van der Waals surface area contributed by atoms with Gasteiger partial charge in [-0.25, -0.2) is 4.79 Å². The highest BCUT2D eigenvalue weighted by atomic mass is 16.6. The third-order valence-corrected chi connectivity index (χ3v) is 4.38. The molecule has 1 fully saturated rings. The lowest BCUT2D eigenvalue weighted by molar-refractivity contribution is -0.154. The molecule has 1 N–H and O–H groups in total. The minimum Gasteiger partial charge on any atom is -0.464 e. The Morgan fingerprint density at radius 3 is 2.96 bits per heavy atom. The molecule has 2 aliphatic heterocycles. The molecule has 1 atom stereocenters. The summed E-state index contributed by atoms with van der Waals surface area (Å²) in [7, 11) is 0. The smallest absolute Gasteiger partial charge is 0.335 e. The number of carbonyl (C=O) groups excluding carboxylic acids is 2. The van der Waals surface area contributed by atoms with Gasteiger partial charge in [0.2, 0.25) is 0 Å². The molecule has 1 aromatic rings. The average molecular weight is 332 g/mol. The van der Waals surface area contributed by atoms with Crippen molar-refractivity contribution in [3.63, 3.8) is 0 Å². The predicted octanol–water partition coefficient (Wildman–Crippen LogP) is 2.34. The third-order valence-electron chi connectivity index (χ3n) is 4.38. The number of hydrogen-bond acceptors (Lipinski definition) is 5. The van der Waals surface area contributed by atoms with Crippen molar-refractivity contribution in [2.75, 3.05) is 30.0 Å².